The van der Waals surface area contributed by atoms with Crippen molar-refractivity contribution >= 4 is 11.8 Å². The van der Waals surface area contributed by atoms with E-state index in [-0.39, 0.29) is 11.8 Å². The third-order valence-corrected chi connectivity index (χ3v) is 5.32. The standard InChI is InChI=1S/C21H32N2O4/c1-15(2)9-12-22-20(25)21(3)11-8-19(24)23(21)13-10-16-6-7-17(26-4)14-18(16)27-5/h6-7,14-15H,8-13H2,1-5H3,(H,22,25)/t21-/m1/s1. The molecule has 0 spiro atoms. The fraction of sp³-hybridized carbons (Fsp3) is 0.619. The van der Waals surface area contributed by atoms with Crippen molar-refractivity contribution in [3.63, 3.8) is 0 Å². The number of carbonyl (C=O) groups is 2. The van der Waals surface area contributed by atoms with Crippen LogP contribution >= 0.6 is 0 Å². The first-order valence-corrected chi connectivity index (χ1v) is 9.61. The summed E-state index contributed by atoms with van der Waals surface area (Å²) in [5.41, 5.74) is 0.203. The lowest BCUT2D eigenvalue weighted by molar-refractivity contribution is -0.140. The topological polar surface area (TPSA) is 67.9 Å². The summed E-state index contributed by atoms with van der Waals surface area (Å²) in [5.74, 6) is 1.95. The largest absolute Gasteiger partial charge is 0.497 e. The van der Waals surface area contributed by atoms with Crippen LogP contribution in [-0.2, 0) is 16.0 Å². The van der Waals surface area contributed by atoms with Crippen LogP contribution in [-0.4, -0.2) is 49.6 Å². The number of ether oxygens (including phenoxy) is 2. The molecule has 1 atom stereocenters. The van der Waals surface area contributed by atoms with Crippen molar-refractivity contribution in [2.45, 2.75) is 52.0 Å². The molecule has 0 bridgehead atoms. The fourth-order valence-corrected chi connectivity index (χ4v) is 3.46. The van der Waals surface area contributed by atoms with Gasteiger partial charge in [0.2, 0.25) is 11.8 Å². The zero-order chi connectivity index (χ0) is 20.0. The van der Waals surface area contributed by atoms with E-state index in [1.807, 2.05) is 25.1 Å². The molecule has 0 saturated carbocycles. The first-order chi connectivity index (χ1) is 12.8. The lowest BCUT2D eigenvalue weighted by Crippen LogP contribution is -2.55. The predicted octanol–water partition coefficient (Wildman–Crippen LogP) is 2.79. The van der Waals surface area contributed by atoms with E-state index in [2.05, 4.69) is 19.2 Å². The van der Waals surface area contributed by atoms with Gasteiger partial charge in [-0.25, -0.2) is 0 Å². The molecule has 0 aliphatic carbocycles. The maximum absolute atomic E-state index is 12.8. The minimum absolute atomic E-state index is 0.0315. The molecule has 2 rings (SSSR count). The highest BCUT2D eigenvalue weighted by atomic mass is 16.5. The first kappa shape index (κ1) is 21.1. The molecule has 27 heavy (non-hydrogen) atoms. The van der Waals surface area contributed by atoms with Crippen LogP contribution in [0.2, 0.25) is 0 Å². The van der Waals surface area contributed by atoms with E-state index in [4.69, 9.17) is 9.47 Å². The predicted molar refractivity (Wildman–Crippen MR) is 105 cm³/mol. The summed E-state index contributed by atoms with van der Waals surface area (Å²) in [6.07, 6.45) is 2.51. The van der Waals surface area contributed by atoms with Gasteiger partial charge in [0, 0.05) is 25.6 Å². The minimum Gasteiger partial charge on any atom is -0.497 e. The number of hydrogen-bond acceptors (Lipinski definition) is 4. The normalized spacial score (nSPS) is 19.5. The van der Waals surface area contributed by atoms with Crippen LogP contribution in [0.1, 0.15) is 45.6 Å². The number of likely N-dealkylation sites (tertiary alicyclic amines) is 1. The summed E-state index contributed by atoms with van der Waals surface area (Å²) in [4.78, 5) is 26.9. The Morgan fingerprint density at radius 3 is 2.67 bits per heavy atom. The average Bonchev–Trinajstić information content (AvgIpc) is 2.94. The van der Waals surface area contributed by atoms with Gasteiger partial charge >= 0.3 is 0 Å². The molecule has 1 fully saturated rings. The van der Waals surface area contributed by atoms with Gasteiger partial charge in [-0.15, -0.1) is 0 Å². The monoisotopic (exact) mass is 376 g/mol. The van der Waals surface area contributed by atoms with E-state index in [0.717, 1.165) is 23.5 Å². The third kappa shape index (κ3) is 4.93. The second-order valence-corrected chi connectivity index (χ2v) is 7.69. The van der Waals surface area contributed by atoms with Crippen molar-refractivity contribution in [3.8, 4) is 11.5 Å². The summed E-state index contributed by atoms with van der Waals surface area (Å²) < 4.78 is 10.7. The molecule has 0 unspecified atom stereocenters. The van der Waals surface area contributed by atoms with Gasteiger partial charge in [0.15, 0.2) is 0 Å². The van der Waals surface area contributed by atoms with Crippen molar-refractivity contribution in [1.82, 2.24) is 10.2 Å². The average molecular weight is 376 g/mol. The van der Waals surface area contributed by atoms with E-state index >= 15 is 0 Å². The number of rotatable bonds is 9. The highest BCUT2D eigenvalue weighted by molar-refractivity contribution is 5.94. The van der Waals surface area contributed by atoms with E-state index in [9.17, 15) is 9.59 Å². The molecule has 150 valence electrons. The van der Waals surface area contributed by atoms with Crippen LogP contribution < -0.4 is 14.8 Å². The Labute approximate surface area is 162 Å². The summed E-state index contributed by atoms with van der Waals surface area (Å²) in [6.45, 7) is 7.24. The quantitative estimate of drug-likeness (QED) is 0.720. The number of nitrogens with one attached hydrogen (secondary N) is 1. The summed E-state index contributed by atoms with van der Waals surface area (Å²) >= 11 is 0. The lowest BCUT2D eigenvalue weighted by atomic mass is 9.96. The molecule has 6 nitrogen and oxygen atoms in total. The minimum atomic E-state index is -0.784. The molecule has 6 heteroatoms. The first-order valence-electron chi connectivity index (χ1n) is 9.61. The van der Waals surface area contributed by atoms with Crippen molar-refractivity contribution in [1.29, 1.82) is 0 Å². The second-order valence-electron chi connectivity index (χ2n) is 7.69. The van der Waals surface area contributed by atoms with E-state index < -0.39 is 5.54 Å². The van der Waals surface area contributed by atoms with E-state index in [0.29, 0.717) is 38.3 Å². The number of amides is 2. The Hall–Kier alpha value is -2.24. The third-order valence-electron chi connectivity index (χ3n) is 5.32. The van der Waals surface area contributed by atoms with E-state index in [1.54, 1.807) is 19.1 Å². The van der Waals surface area contributed by atoms with Crippen molar-refractivity contribution in [3.05, 3.63) is 23.8 Å². The number of carbonyl (C=O) groups excluding carboxylic acids is 2. The van der Waals surface area contributed by atoms with Crippen LogP contribution in [0.5, 0.6) is 11.5 Å². The molecular formula is C21H32N2O4. The molecule has 1 aliphatic heterocycles. The molecule has 1 aromatic carbocycles. The van der Waals surface area contributed by atoms with Gasteiger partial charge < -0.3 is 19.7 Å². The van der Waals surface area contributed by atoms with Gasteiger partial charge in [-0.1, -0.05) is 19.9 Å². The maximum atomic E-state index is 12.8. The number of methoxy groups -OCH3 is 2. The smallest absolute Gasteiger partial charge is 0.245 e. The van der Waals surface area contributed by atoms with Gasteiger partial charge in [0.05, 0.1) is 14.2 Å². The Morgan fingerprint density at radius 1 is 1.30 bits per heavy atom. The molecule has 1 aromatic rings. The van der Waals surface area contributed by atoms with Gasteiger partial charge in [0.25, 0.3) is 0 Å². The zero-order valence-electron chi connectivity index (χ0n) is 17.1. The van der Waals surface area contributed by atoms with Crippen LogP contribution in [0.4, 0.5) is 0 Å². The highest BCUT2D eigenvalue weighted by Crippen LogP contribution is 2.32. The summed E-state index contributed by atoms with van der Waals surface area (Å²) in [5, 5.41) is 3.01. The van der Waals surface area contributed by atoms with Gasteiger partial charge in [-0.3, -0.25) is 9.59 Å². The molecule has 1 N–H and O–H groups in total. The molecule has 1 saturated heterocycles. The van der Waals surface area contributed by atoms with Crippen molar-refractivity contribution in [2.75, 3.05) is 27.3 Å². The number of hydrogen-bond donors (Lipinski definition) is 1. The molecular weight excluding hydrogens is 344 g/mol. The molecule has 1 aliphatic rings. The van der Waals surface area contributed by atoms with Crippen molar-refractivity contribution in [2.24, 2.45) is 5.92 Å². The second kappa shape index (κ2) is 9.11. The Morgan fingerprint density at radius 2 is 2.04 bits per heavy atom. The maximum Gasteiger partial charge on any atom is 0.245 e. The molecule has 0 aromatic heterocycles. The van der Waals surface area contributed by atoms with Crippen LogP contribution in [0.25, 0.3) is 0 Å². The summed E-state index contributed by atoms with van der Waals surface area (Å²) in [7, 11) is 3.23. The SMILES string of the molecule is COc1ccc(CCN2C(=O)CC[C@]2(C)C(=O)NCCC(C)C)c(OC)c1. The summed E-state index contributed by atoms with van der Waals surface area (Å²) in [6, 6.07) is 5.65. The van der Waals surface area contributed by atoms with Gasteiger partial charge in [-0.2, -0.15) is 0 Å². The highest BCUT2D eigenvalue weighted by Gasteiger charge is 2.46. The Bertz CT molecular complexity index is 674. The molecule has 0 radical (unpaired) electrons. The lowest BCUT2D eigenvalue weighted by Gasteiger charge is -2.34. The molecule has 1 heterocycles. The van der Waals surface area contributed by atoms with Crippen LogP contribution in [0.15, 0.2) is 18.2 Å². The van der Waals surface area contributed by atoms with E-state index in [1.165, 1.54) is 0 Å². The zero-order valence-corrected chi connectivity index (χ0v) is 17.1. The van der Waals surface area contributed by atoms with Crippen molar-refractivity contribution < 1.29 is 19.1 Å². The number of nitrogens with zero attached hydrogens (tertiary/aromatic N) is 1. The Kier molecular flexibility index (Phi) is 7.11. The van der Waals surface area contributed by atoms with Gasteiger partial charge in [0.1, 0.15) is 17.0 Å². The fourth-order valence-electron chi connectivity index (χ4n) is 3.46. The molecule has 2 amide bonds. The Balaban J connectivity index is 2.07. The number of benzene rings is 1. The van der Waals surface area contributed by atoms with Crippen LogP contribution in [0.3, 0.4) is 0 Å². The van der Waals surface area contributed by atoms with Crippen LogP contribution in [0, 0.1) is 5.92 Å². The van der Waals surface area contributed by atoms with Gasteiger partial charge in [-0.05, 0) is 43.7 Å².